The van der Waals surface area contributed by atoms with Crippen LogP contribution >= 0.6 is 0 Å². The molecule has 1 fully saturated rings. The Labute approximate surface area is 172 Å². The van der Waals surface area contributed by atoms with Crippen LogP contribution in [0.3, 0.4) is 0 Å². The summed E-state index contributed by atoms with van der Waals surface area (Å²) >= 11 is 0. The van der Waals surface area contributed by atoms with Gasteiger partial charge < -0.3 is 15.1 Å². The number of benzene rings is 2. The van der Waals surface area contributed by atoms with Crippen LogP contribution in [0.1, 0.15) is 24.8 Å². The Balaban J connectivity index is 1.37. The van der Waals surface area contributed by atoms with Crippen LogP contribution in [-0.2, 0) is 16.1 Å². The van der Waals surface area contributed by atoms with Crippen LogP contribution in [0.4, 0.5) is 11.4 Å². The van der Waals surface area contributed by atoms with E-state index >= 15 is 0 Å². The molecule has 1 N–H and O–H groups in total. The lowest BCUT2D eigenvalue weighted by molar-refractivity contribution is -0.136. The van der Waals surface area contributed by atoms with Crippen LogP contribution in [0.2, 0.25) is 0 Å². The number of allylic oxidation sites excluding steroid dienone is 1. The first-order valence-corrected chi connectivity index (χ1v) is 10.1. The lowest BCUT2D eigenvalue weighted by Crippen LogP contribution is -2.33. The molecule has 2 amide bonds. The fourth-order valence-corrected chi connectivity index (χ4v) is 4.26. The van der Waals surface area contributed by atoms with Crippen molar-refractivity contribution in [3.8, 4) is 0 Å². The largest absolute Gasteiger partial charge is 0.378 e. The Kier molecular flexibility index (Phi) is 5.14. The summed E-state index contributed by atoms with van der Waals surface area (Å²) in [4.78, 5) is 29.8. The maximum Gasteiger partial charge on any atom is 0.251 e. The third kappa shape index (κ3) is 3.90. The molecule has 0 saturated carbocycles. The number of rotatable bonds is 5. The zero-order chi connectivity index (χ0) is 20.4. The molecular formula is C24H27N3O2. The Morgan fingerprint density at radius 2 is 1.83 bits per heavy atom. The number of nitrogens with one attached hydrogen (secondary N) is 1. The fraction of sp³-hybridized carbons (Fsp3) is 0.333. The Bertz CT molecular complexity index is 934. The number of nitrogens with zero attached hydrogens (tertiary/aromatic N) is 2. The molecule has 5 heteroatoms. The van der Waals surface area contributed by atoms with E-state index in [-0.39, 0.29) is 11.8 Å². The molecule has 1 heterocycles. The molecule has 5 nitrogen and oxygen atoms in total. The molecule has 1 aliphatic heterocycles. The van der Waals surface area contributed by atoms with Gasteiger partial charge in [-0.3, -0.25) is 9.59 Å². The Hall–Kier alpha value is -3.08. The van der Waals surface area contributed by atoms with Gasteiger partial charge in [-0.1, -0.05) is 36.4 Å². The number of anilines is 2. The molecule has 1 spiro atoms. The number of hydrogen-bond acceptors (Lipinski definition) is 3. The van der Waals surface area contributed by atoms with Crippen LogP contribution in [0.25, 0.3) is 0 Å². The second-order valence-electron chi connectivity index (χ2n) is 8.25. The second kappa shape index (κ2) is 7.74. The molecule has 1 unspecified atom stereocenters. The van der Waals surface area contributed by atoms with E-state index in [0.717, 1.165) is 35.5 Å². The van der Waals surface area contributed by atoms with Crippen LogP contribution in [0.5, 0.6) is 0 Å². The molecule has 2 aromatic carbocycles. The number of carbonyl (C=O) groups excluding carboxylic acids is 2. The first-order valence-electron chi connectivity index (χ1n) is 10.1. The van der Waals surface area contributed by atoms with Crippen LogP contribution in [0.15, 0.2) is 66.2 Å². The summed E-state index contributed by atoms with van der Waals surface area (Å²) in [5, 5.41) is 2.97. The van der Waals surface area contributed by atoms with Gasteiger partial charge in [0.1, 0.15) is 0 Å². The van der Waals surface area contributed by atoms with E-state index in [2.05, 4.69) is 5.32 Å². The van der Waals surface area contributed by atoms with E-state index in [1.165, 1.54) is 0 Å². The monoisotopic (exact) mass is 389 g/mol. The SMILES string of the molecule is CN(C)c1ccc(NC(=O)C2=CCC3(CCN(Cc4ccccc4)C3=O)C2)cc1. The third-order valence-corrected chi connectivity index (χ3v) is 6.02. The van der Waals surface area contributed by atoms with Gasteiger partial charge in [-0.15, -0.1) is 0 Å². The lowest BCUT2D eigenvalue weighted by Gasteiger charge is -2.23. The van der Waals surface area contributed by atoms with Crippen LogP contribution in [-0.4, -0.2) is 37.4 Å². The highest BCUT2D eigenvalue weighted by Crippen LogP contribution is 2.46. The molecule has 1 saturated heterocycles. The Morgan fingerprint density at radius 1 is 1.10 bits per heavy atom. The van der Waals surface area contributed by atoms with Crippen molar-refractivity contribution in [1.82, 2.24) is 4.90 Å². The minimum atomic E-state index is -0.434. The topological polar surface area (TPSA) is 52.7 Å². The van der Waals surface area contributed by atoms with Gasteiger partial charge in [-0.2, -0.15) is 0 Å². The minimum absolute atomic E-state index is 0.103. The maximum atomic E-state index is 13.1. The molecule has 29 heavy (non-hydrogen) atoms. The normalized spacial score (nSPS) is 20.8. The molecule has 2 aliphatic rings. The van der Waals surface area contributed by atoms with Gasteiger partial charge in [0.15, 0.2) is 0 Å². The van der Waals surface area contributed by atoms with Gasteiger partial charge >= 0.3 is 0 Å². The van der Waals surface area contributed by atoms with Crippen molar-refractivity contribution in [2.45, 2.75) is 25.8 Å². The van der Waals surface area contributed by atoms with Crippen molar-refractivity contribution in [2.24, 2.45) is 5.41 Å². The van der Waals surface area contributed by atoms with Gasteiger partial charge in [-0.25, -0.2) is 0 Å². The molecule has 1 atom stereocenters. The molecular weight excluding hydrogens is 362 g/mol. The summed E-state index contributed by atoms with van der Waals surface area (Å²) in [5.41, 5.74) is 3.28. The molecule has 0 aromatic heterocycles. The highest BCUT2D eigenvalue weighted by Gasteiger charge is 2.49. The van der Waals surface area contributed by atoms with E-state index in [4.69, 9.17) is 0 Å². The zero-order valence-corrected chi connectivity index (χ0v) is 17.0. The molecule has 150 valence electrons. The molecule has 0 radical (unpaired) electrons. The average molecular weight is 389 g/mol. The van der Waals surface area contributed by atoms with Crippen molar-refractivity contribution in [1.29, 1.82) is 0 Å². The zero-order valence-electron chi connectivity index (χ0n) is 17.0. The van der Waals surface area contributed by atoms with Crippen molar-refractivity contribution in [3.05, 3.63) is 71.8 Å². The summed E-state index contributed by atoms with van der Waals surface area (Å²) in [6, 6.07) is 17.8. The highest BCUT2D eigenvalue weighted by atomic mass is 16.2. The predicted molar refractivity (Wildman–Crippen MR) is 116 cm³/mol. The van der Waals surface area contributed by atoms with E-state index < -0.39 is 5.41 Å². The highest BCUT2D eigenvalue weighted by molar-refractivity contribution is 6.05. The molecule has 0 bridgehead atoms. The Morgan fingerprint density at radius 3 is 2.52 bits per heavy atom. The number of carbonyl (C=O) groups is 2. The summed E-state index contributed by atoms with van der Waals surface area (Å²) in [7, 11) is 3.96. The predicted octanol–water partition coefficient (Wildman–Crippen LogP) is 3.83. The van der Waals surface area contributed by atoms with Crippen LogP contribution < -0.4 is 10.2 Å². The summed E-state index contributed by atoms with van der Waals surface area (Å²) in [6.45, 7) is 1.39. The molecule has 1 aliphatic carbocycles. The van der Waals surface area contributed by atoms with Gasteiger partial charge in [-0.05, 0) is 49.1 Å². The van der Waals surface area contributed by atoms with E-state index in [1.54, 1.807) is 0 Å². The fourth-order valence-electron chi connectivity index (χ4n) is 4.26. The smallest absolute Gasteiger partial charge is 0.251 e. The van der Waals surface area contributed by atoms with Gasteiger partial charge in [0, 0.05) is 44.1 Å². The van der Waals surface area contributed by atoms with Gasteiger partial charge in [0.05, 0.1) is 5.41 Å². The molecule has 2 aromatic rings. The maximum absolute atomic E-state index is 13.1. The summed E-state index contributed by atoms with van der Waals surface area (Å²) in [6.07, 6.45) is 3.94. The van der Waals surface area contributed by atoms with Gasteiger partial charge in [0.25, 0.3) is 5.91 Å². The first-order chi connectivity index (χ1) is 14.0. The van der Waals surface area contributed by atoms with Gasteiger partial charge in [0.2, 0.25) is 5.91 Å². The van der Waals surface area contributed by atoms with E-state index in [1.807, 2.05) is 84.6 Å². The van der Waals surface area contributed by atoms with Crippen molar-refractivity contribution in [3.63, 3.8) is 0 Å². The summed E-state index contributed by atoms with van der Waals surface area (Å²) < 4.78 is 0. The number of amides is 2. The van der Waals surface area contributed by atoms with Crippen molar-refractivity contribution < 1.29 is 9.59 Å². The van der Waals surface area contributed by atoms with Crippen LogP contribution in [0, 0.1) is 5.41 Å². The second-order valence-corrected chi connectivity index (χ2v) is 8.25. The summed E-state index contributed by atoms with van der Waals surface area (Å²) in [5.74, 6) is 0.0736. The molecule has 4 rings (SSSR count). The van der Waals surface area contributed by atoms with E-state index in [9.17, 15) is 9.59 Å². The van der Waals surface area contributed by atoms with Crippen molar-refractivity contribution in [2.75, 3.05) is 30.9 Å². The number of hydrogen-bond donors (Lipinski definition) is 1. The van der Waals surface area contributed by atoms with E-state index in [0.29, 0.717) is 19.4 Å². The van der Waals surface area contributed by atoms with Crippen molar-refractivity contribution >= 4 is 23.2 Å². The number of likely N-dealkylation sites (tertiary alicyclic amines) is 1. The standard InChI is InChI=1S/C24H27N3O2/c1-26(2)21-10-8-20(9-11-21)25-22(28)19-12-13-24(16-19)14-15-27(23(24)29)17-18-6-4-3-5-7-18/h3-12H,13-17H2,1-2H3,(H,25,28). The average Bonchev–Trinajstić information content (AvgIpc) is 3.29. The quantitative estimate of drug-likeness (QED) is 0.846. The first kappa shape index (κ1) is 19.2. The minimum Gasteiger partial charge on any atom is -0.378 e. The lowest BCUT2D eigenvalue weighted by atomic mass is 9.82. The third-order valence-electron chi connectivity index (χ3n) is 6.02.